The van der Waals surface area contributed by atoms with E-state index in [-0.39, 0.29) is 5.92 Å². The molecule has 0 aromatic heterocycles. The van der Waals surface area contributed by atoms with E-state index in [4.69, 9.17) is 15.9 Å². The van der Waals surface area contributed by atoms with Crippen molar-refractivity contribution in [1.82, 2.24) is 16.0 Å². The Morgan fingerprint density at radius 3 is 2.11 bits per heavy atom. The molecular formula is C17H32N4O6S. The lowest BCUT2D eigenvalue weighted by atomic mass is 9.97. The number of nitrogens with two attached hydrogens (primary N) is 1. The number of carboxylic acids is 1. The number of aliphatic carboxylic acids is 1. The van der Waals surface area contributed by atoms with Gasteiger partial charge in [0.05, 0.1) is 6.61 Å². The molecule has 5 atom stereocenters. The number of carbonyl (C=O) groups excluding carboxylic acids is 3. The predicted octanol–water partition coefficient (Wildman–Crippen LogP) is -1.34. The number of nitrogens with one attached hydrogen (secondary N) is 3. The van der Waals surface area contributed by atoms with Crippen LogP contribution in [0.15, 0.2) is 0 Å². The van der Waals surface area contributed by atoms with Gasteiger partial charge < -0.3 is 31.9 Å². The Labute approximate surface area is 169 Å². The number of amides is 3. The van der Waals surface area contributed by atoms with E-state index in [1.807, 2.05) is 13.2 Å². The molecule has 5 unspecified atom stereocenters. The van der Waals surface area contributed by atoms with Crippen molar-refractivity contribution in [2.24, 2.45) is 11.7 Å². The van der Waals surface area contributed by atoms with Crippen LogP contribution in [0.3, 0.4) is 0 Å². The zero-order chi connectivity index (χ0) is 21.9. The monoisotopic (exact) mass is 420 g/mol. The van der Waals surface area contributed by atoms with E-state index in [9.17, 15) is 19.2 Å². The van der Waals surface area contributed by atoms with Crippen molar-refractivity contribution in [3.05, 3.63) is 0 Å². The summed E-state index contributed by atoms with van der Waals surface area (Å²) in [7, 11) is 0. The molecule has 0 aliphatic heterocycles. The normalized spacial score (nSPS) is 16.2. The average Bonchev–Trinajstić information content (AvgIpc) is 2.66. The Morgan fingerprint density at radius 2 is 1.64 bits per heavy atom. The first-order valence-electron chi connectivity index (χ1n) is 9.08. The third kappa shape index (κ3) is 8.89. The molecule has 7 N–H and O–H groups in total. The minimum Gasteiger partial charge on any atom is -0.480 e. The second-order valence-electron chi connectivity index (χ2n) is 6.57. The molecule has 11 heteroatoms. The molecule has 0 rings (SSSR count). The zero-order valence-electron chi connectivity index (χ0n) is 16.7. The van der Waals surface area contributed by atoms with Crippen LogP contribution in [0.1, 0.15) is 33.6 Å². The van der Waals surface area contributed by atoms with Gasteiger partial charge in [0.1, 0.15) is 24.2 Å². The van der Waals surface area contributed by atoms with Gasteiger partial charge >= 0.3 is 5.97 Å². The smallest absolute Gasteiger partial charge is 0.325 e. The fourth-order valence-electron chi connectivity index (χ4n) is 2.19. The second kappa shape index (κ2) is 13.3. The largest absolute Gasteiger partial charge is 0.480 e. The first-order valence-corrected chi connectivity index (χ1v) is 10.5. The molecule has 162 valence electrons. The number of aliphatic hydroxyl groups excluding tert-OH is 1. The average molecular weight is 421 g/mol. The summed E-state index contributed by atoms with van der Waals surface area (Å²) in [4.78, 5) is 48.1. The van der Waals surface area contributed by atoms with Crippen LogP contribution in [0.4, 0.5) is 0 Å². The lowest BCUT2D eigenvalue weighted by Crippen LogP contribution is -2.58. The number of hydrogen-bond donors (Lipinski definition) is 6. The van der Waals surface area contributed by atoms with E-state index in [1.54, 1.807) is 6.92 Å². The summed E-state index contributed by atoms with van der Waals surface area (Å²) in [5.41, 5.74) is 5.48. The van der Waals surface area contributed by atoms with E-state index < -0.39 is 54.5 Å². The molecule has 0 heterocycles. The fourth-order valence-corrected chi connectivity index (χ4v) is 2.66. The lowest BCUT2D eigenvalue weighted by Gasteiger charge is -2.27. The topological polar surface area (TPSA) is 171 Å². The molecule has 0 aliphatic carbocycles. The van der Waals surface area contributed by atoms with E-state index >= 15 is 0 Å². The first-order chi connectivity index (χ1) is 13.1. The first kappa shape index (κ1) is 26.1. The molecule has 28 heavy (non-hydrogen) atoms. The van der Waals surface area contributed by atoms with Gasteiger partial charge in [-0.3, -0.25) is 19.2 Å². The Bertz CT molecular complexity index is 548. The van der Waals surface area contributed by atoms with Gasteiger partial charge in [-0.2, -0.15) is 11.8 Å². The molecule has 0 spiro atoms. The summed E-state index contributed by atoms with van der Waals surface area (Å²) in [5.74, 6) is -2.74. The molecule has 0 bridgehead atoms. The van der Waals surface area contributed by atoms with Crippen molar-refractivity contribution in [3.8, 4) is 0 Å². The molecule has 0 aromatic carbocycles. The van der Waals surface area contributed by atoms with Crippen molar-refractivity contribution in [1.29, 1.82) is 0 Å². The molecule has 0 radical (unpaired) electrons. The van der Waals surface area contributed by atoms with E-state index in [1.165, 1.54) is 18.7 Å². The number of hydrogen-bond acceptors (Lipinski definition) is 7. The van der Waals surface area contributed by atoms with Gasteiger partial charge in [-0.1, -0.05) is 20.3 Å². The highest BCUT2D eigenvalue weighted by molar-refractivity contribution is 7.98. The van der Waals surface area contributed by atoms with Gasteiger partial charge in [-0.05, 0) is 31.3 Å². The van der Waals surface area contributed by atoms with Crippen molar-refractivity contribution in [3.63, 3.8) is 0 Å². The summed E-state index contributed by atoms with van der Waals surface area (Å²) in [5, 5.41) is 25.4. The maximum atomic E-state index is 12.7. The highest BCUT2D eigenvalue weighted by Gasteiger charge is 2.31. The third-order valence-electron chi connectivity index (χ3n) is 4.30. The highest BCUT2D eigenvalue weighted by atomic mass is 32.2. The molecule has 0 aromatic rings. The fraction of sp³-hybridized carbons (Fsp3) is 0.765. The summed E-state index contributed by atoms with van der Waals surface area (Å²) in [6, 6.07) is -4.16. The van der Waals surface area contributed by atoms with Crippen LogP contribution in [0.25, 0.3) is 0 Å². The number of aliphatic hydroxyl groups is 1. The Hall–Kier alpha value is -1.85. The van der Waals surface area contributed by atoms with Gasteiger partial charge in [-0.25, -0.2) is 0 Å². The van der Waals surface area contributed by atoms with Crippen LogP contribution in [-0.4, -0.2) is 76.7 Å². The lowest BCUT2D eigenvalue weighted by molar-refractivity contribution is -0.142. The predicted molar refractivity (Wildman–Crippen MR) is 107 cm³/mol. The molecule has 0 fully saturated rings. The Morgan fingerprint density at radius 1 is 1.04 bits per heavy atom. The van der Waals surface area contributed by atoms with Crippen molar-refractivity contribution in [2.45, 2.75) is 57.8 Å². The maximum absolute atomic E-state index is 12.7. The van der Waals surface area contributed by atoms with E-state index in [2.05, 4.69) is 16.0 Å². The summed E-state index contributed by atoms with van der Waals surface area (Å²) >= 11 is 1.48. The van der Waals surface area contributed by atoms with Crippen LogP contribution in [0.5, 0.6) is 0 Å². The standard InChI is InChI=1S/C17H32N4O6S/c1-5-9(2)13(16(25)19-10(3)17(26)27)21-15(24)12(6-7-28-4)20-14(23)11(18)8-22/h9-13,22H,5-8,18H2,1-4H3,(H,19,25)(H,20,23)(H,21,24)(H,26,27). The van der Waals surface area contributed by atoms with Crippen molar-refractivity contribution in [2.75, 3.05) is 18.6 Å². The van der Waals surface area contributed by atoms with Crippen LogP contribution in [0.2, 0.25) is 0 Å². The third-order valence-corrected chi connectivity index (χ3v) is 4.94. The SMILES string of the molecule is CCC(C)C(NC(=O)C(CCSC)NC(=O)C(N)CO)C(=O)NC(C)C(=O)O. The molecule has 0 saturated heterocycles. The van der Waals surface area contributed by atoms with Crippen LogP contribution in [-0.2, 0) is 19.2 Å². The van der Waals surface area contributed by atoms with Crippen LogP contribution < -0.4 is 21.7 Å². The van der Waals surface area contributed by atoms with Gasteiger partial charge in [0, 0.05) is 0 Å². The van der Waals surface area contributed by atoms with Crippen LogP contribution >= 0.6 is 11.8 Å². The summed E-state index contributed by atoms with van der Waals surface area (Å²) in [6.45, 7) is 4.36. The number of carboxylic acid groups (broad SMARTS) is 1. The van der Waals surface area contributed by atoms with Crippen LogP contribution in [0, 0.1) is 5.92 Å². The van der Waals surface area contributed by atoms with Gasteiger partial charge in [0.25, 0.3) is 0 Å². The molecular weight excluding hydrogens is 388 g/mol. The second-order valence-corrected chi connectivity index (χ2v) is 7.56. The van der Waals surface area contributed by atoms with E-state index in [0.717, 1.165) is 0 Å². The van der Waals surface area contributed by atoms with Gasteiger partial charge in [0.2, 0.25) is 17.7 Å². The van der Waals surface area contributed by atoms with Crippen molar-refractivity contribution >= 4 is 35.5 Å². The number of rotatable bonds is 13. The Kier molecular flexibility index (Phi) is 12.5. The zero-order valence-corrected chi connectivity index (χ0v) is 17.5. The number of carbonyl (C=O) groups is 4. The quantitative estimate of drug-likeness (QED) is 0.213. The molecule has 0 aliphatic rings. The minimum atomic E-state index is -1.19. The molecule has 0 saturated carbocycles. The van der Waals surface area contributed by atoms with E-state index in [0.29, 0.717) is 18.6 Å². The molecule has 10 nitrogen and oxygen atoms in total. The minimum absolute atomic E-state index is 0.262. The van der Waals surface area contributed by atoms with Gasteiger partial charge in [-0.15, -0.1) is 0 Å². The summed E-state index contributed by atoms with van der Waals surface area (Å²) in [6.07, 6.45) is 2.72. The summed E-state index contributed by atoms with van der Waals surface area (Å²) < 4.78 is 0. The van der Waals surface area contributed by atoms with Gasteiger partial charge in [0.15, 0.2) is 0 Å². The van der Waals surface area contributed by atoms with Crippen molar-refractivity contribution < 1.29 is 29.4 Å². The Balaban J connectivity index is 5.30. The highest BCUT2D eigenvalue weighted by Crippen LogP contribution is 2.10. The number of thioether (sulfide) groups is 1. The molecule has 3 amide bonds. The maximum Gasteiger partial charge on any atom is 0.325 e.